The van der Waals surface area contributed by atoms with Gasteiger partial charge in [0.1, 0.15) is 5.75 Å². The lowest BCUT2D eigenvalue weighted by atomic mass is 10.2. The minimum absolute atomic E-state index is 0.0367. The molecule has 0 spiro atoms. The quantitative estimate of drug-likeness (QED) is 0.880. The van der Waals surface area contributed by atoms with Crippen molar-refractivity contribution in [2.75, 3.05) is 0 Å². The SMILES string of the molecule is Cn1nnc(CS(=O)(=O)c2cc(Cl)cc(C(=O)O)c2Cl)n1. The van der Waals surface area contributed by atoms with Gasteiger partial charge in [0, 0.05) is 5.02 Å². The summed E-state index contributed by atoms with van der Waals surface area (Å²) in [5.74, 6) is -1.98. The van der Waals surface area contributed by atoms with Crippen molar-refractivity contribution in [1.82, 2.24) is 20.2 Å². The van der Waals surface area contributed by atoms with Crippen molar-refractivity contribution in [3.05, 3.63) is 33.6 Å². The van der Waals surface area contributed by atoms with Crippen molar-refractivity contribution in [2.24, 2.45) is 7.05 Å². The van der Waals surface area contributed by atoms with E-state index in [2.05, 4.69) is 15.4 Å². The summed E-state index contributed by atoms with van der Waals surface area (Å²) in [5, 5.41) is 19.4. The van der Waals surface area contributed by atoms with Crippen LogP contribution in [0.3, 0.4) is 0 Å². The zero-order valence-corrected chi connectivity index (χ0v) is 12.8. The number of nitrogens with zero attached hydrogens (tertiary/aromatic N) is 4. The second kappa shape index (κ2) is 5.58. The fourth-order valence-corrected chi connectivity index (χ4v) is 3.70. The number of aromatic carboxylic acids is 1. The molecule has 0 saturated carbocycles. The first-order chi connectivity index (χ1) is 9.70. The number of benzene rings is 1. The van der Waals surface area contributed by atoms with E-state index in [0.29, 0.717) is 0 Å². The number of rotatable bonds is 4. The number of carboxylic acid groups (broad SMARTS) is 1. The molecule has 1 heterocycles. The Hall–Kier alpha value is -1.71. The summed E-state index contributed by atoms with van der Waals surface area (Å²) in [5.41, 5.74) is -0.394. The first kappa shape index (κ1) is 15.7. The maximum absolute atomic E-state index is 12.3. The second-order valence-corrected chi connectivity index (χ2v) is 6.80. The Morgan fingerprint density at radius 2 is 2.05 bits per heavy atom. The highest BCUT2D eigenvalue weighted by molar-refractivity contribution is 7.90. The number of tetrazole rings is 1. The van der Waals surface area contributed by atoms with Gasteiger partial charge in [0.2, 0.25) is 0 Å². The highest BCUT2D eigenvalue weighted by Gasteiger charge is 2.25. The Kier molecular flexibility index (Phi) is 4.17. The van der Waals surface area contributed by atoms with Gasteiger partial charge in [0.15, 0.2) is 15.7 Å². The molecular weight excluding hydrogens is 343 g/mol. The van der Waals surface area contributed by atoms with Crippen LogP contribution in [0.4, 0.5) is 0 Å². The third kappa shape index (κ3) is 3.31. The molecule has 0 amide bonds. The highest BCUT2D eigenvalue weighted by Crippen LogP contribution is 2.31. The van der Waals surface area contributed by atoms with E-state index < -0.39 is 32.1 Å². The van der Waals surface area contributed by atoms with E-state index >= 15 is 0 Å². The van der Waals surface area contributed by atoms with Crippen LogP contribution in [0, 0.1) is 0 Å². The molecule has 1 aromatic heterocycles. The average Bonchev–Trinajstić information content (AvgIpc) is 2.76. The van der Waals surface area contributed by atoms with Gasteiger partial charge in [-0.05, 0) is 17.3 Å². The van der Waals surface area contributed by atoms with Crippen molar-refractivity contribution >= 4 is 39.0 Å². The maximum atomic E-state index is 12.3. The minimum atomic E-state index is -3.97. The molecular formula is C10H8Cl2N4O4S. The first-order valence-electron chi connectivity index (χ1n) is 5.38. The van der Waals surface area contributed by atoms with Crippen LogP contribution in [0.15, 0.2) is 17.0 Å². The van der Waals surface area contributed by atoms with Gasteiger partial charge in [0.25, 0.3) is 0 Å². The predicted molar refractivity (Wildman–Crippen MR) is 73.1 cm³/mol. The van der Waals surface area contributed by atoms with Crippen molar-refractivity contribution in [3.63, 3.8) is 0 Å². The summed E-state index contributed by atoms with van der Waals surface area (Å²) in [6, 6.07) is 2.16. The number of sulfone groups is 1. The monoisotopic (exact) mass is 350 g/mol. The van der Waals surface area contributed by atoms with Crippen LogP contribution >= 0.6 is 23.2 Å². The van der Waals surface area contributed by atoms with E-state index in [4.69, 9.17) is 28.3 Å². The molecule has 0 radical (unpaired) electrons. The summed E-state index contributed by atoms with van der Waals surface area (Å²) in [6.45, 7) is 0. The van der Waals surface area contributed by atoms with E-state index in [-0.39, 0.29) is 15.7 Å². The van der Waals surface area contributed by atoms with E-state index in [1.807, 2.05) is 0 Å². The fraction of sp³-hybridized carbons (Fsp3) is 0.200. The van der Waals surface area contributed by atoms with E-state index in [1.165, 1.54) is 7.05 Å². The standard InChI is InChI=1S/C10H8Cl2N4O4S/c1-16-14-8(13-15-16)4-21(19,20)7-3-5(11)2-6(9(7)12)10(17)18/h2-3H,4H2,1H3,(H,17,18). The van der Waals surface area contributed by atoms with Crippen LogP contribution in [0.5, 0.6) is 0 Å². The lowest BCUT2D eigenvalue weighted by Gasteiger charge is -2.08. The summed E-state index contributed by atoms with van der Waals surface area (Å²) in [6.07, 6.45) is 0. The normalized spacial score (nSPS) is 11.6. The van der Waals surface area contributed by atoms with Gasteiger partial charge < -0.3 is 5.11 Å². The molecule has 1 aromatic carbocycles. The van der Waals surface area contributed by atoms with Gasteiger partial charge in [-0.1, -0.05) is 23.2 Å². The van der Waals surface area contributed by atoms with Crippen LogP contribution < -0.4 is 0 Å². The molecule has 0 unspecified atom stereocenters. The molecule has 8 nitrogen and oxygen atoms in total. The average molecular weight is 351 g/mol. The summed E-state index contributed by atoms with van der Waals surface area (Å²) in [4.78, 5) is 11.8. The number of aromatic nitrogens is 4. The van der Waals surface area contributed by atoms with Crippen molar-refractivity contribution in [3.8, 4) is 0 Å². The molecule has 1 N–H and O–H groups in total. The zero-order valence-electron chi connectivity index (χ0n) is 10.5. The van der Waals surface area contributed by atoms with Crippen molar-refractivity contribution in [2.45, 2.75) is 10.6 Å². The molecule has 0 fully saturated rings. The largest absolute Gasteiger partial charge is 0.478 e. The molecule has 0 aliphatic heterocycles. The molecule has 2 rings (SSSR count). The molecule has 21 heavy (non-hydrogen) atoms. The van der Waals surface area contributed by atoms with Gasteiger partial charge in [0.05, 0.1) is 22.5 Å². The fourth-order valence-electron chi connectivity index (χ4n) is 1.58. The summed E-state index contributed by atoms with van der Waals surface area (Å²) in [7, 11) is -2.48. The Labute approximate surface area is 129 Å². The first-order valence-corrected chi connectivity index (χ1v) is 7.79. The van der Waals surface area contributed by atoms with Crippen molar-refractivity contribution < 1.29 is 18.3 Å². The number of hydrogen-bond acceptors (Lipinski definition) is 6. The molecule has 0 aliphatic rings. The zero-order chi connectivity index (χ0) is 15.8. The van der Waals surface area contributed by atoms with Crippen LogP contribution in [-0.2, 0) is 22.6 Å². The Morgan fingerprint density at radius 1 is 1.38 bits per heavy atom. The molecule has 0 aliphatic carbocycles. The third-order valence-electron chi connectivity index (χ3n) is 2.44. The number of carboxylic acids is 1. The minimum Gasteiger partial charge on any atom is -0.478 e. The van der Waals surface area contributed by atoms with Gasteiger partial charge in [-0.25, -0.2) is 13.2 Å². The van der Waals surface area contributed by atoms with Gasteiger partial charge in [-0.3, -0.25) is 0 Å². The highest BCUT2D eigenvalue weighted by atomic mass is 35.5. The molecule has 0 atom stereocenters. The topological polar surface area (TPSA) is 115 Å². The smallest absolute Gasteiger partial charge is 0.337 e. The Bertz CT molecular complexity index is 818. The van der Waals surface area contributed by atoms with Crippen LogP contribution in [0.1, 0.15) is 16.2 Å². The Morgan fingerprint density at radius 3 is 2.57 bits per heavy atom. The van der Waals surface area contributed by atoms with Gasteiger partial charge in [-0.15, -0.1) is 10.2 Å². The van der Waals surface area contributed by atoms with E-state index in [1.54, 1.807) is 0 Å². The molecule has 11 heteroatoms. The van der Waals surface area contributed by atoms with Gasteiger partial charge in [-0.2, -0.15) is 4.80 Å². The summed E-state index contributed by atoms with van der Waals surface area (Å²) >= 11 is 11.6. The number of aryl methyl sites for hydroxylation is 1. The molecule has 0 saturated heterocycles. The van der Waals surface area contributed by atoms with Gasteiger partial charge >= 0.3 is 5.97 Å². The molecule has 112 valence electrons. The summed E-state index contributed by atoms with van der Waals surface area (Å²) < 4.78 is 24.6. The number of carbonyl (C=O) groups is 1. The number of hydrogen-bond donors (Lipinski definition) is 1. The lowest BCUT2D eigenvalue weighted by Crippen LogP contribution is -2.10. The van der Waals surface area contributed by atoms with Crippen LogP contribution in [0.2, 0.25) is 10.0 Å². The molecule has 0 bridgehead atoms. The second-order valence-electron chi connectivity index (χ2n) is 4.02. The lowest BCUT2D eigenvalue weighted by molar-refractivity contribution is 0.0697. The predicted octanol–water partition coefficient (Wildman–Crippen LogP) is 1.19. The van der Waals surface area contributed by atoms with Crippen LogP contribution in [-0.4, -0.2) is 39.7 Å². The third-order valence-corrected chi connectivity index (χ3v) is 4.81. The van der Waals surface area contributed by atoms with Crippen molar-refractivity contribution in [1.29, 1.82) is 0 Å². The molecule has 2 aromatic rings. The van der Waals surface area contributed by atoms with Crippen LogP contribution in [0.25, 0.3) is 0 Å². The van der Waals surface area contributed by atoms with E-state index in [0.717, 1.165) is 16.9 Å². The maximum Gasteiger partial charge on any atom is 0.337 e. The Balaban J connectivity index is 2.52. The number of halogens is 2. The van der Waals surface area contributed by atoms with E-state index in [9.17, 15) is 13.2 Å².